The Morgan fingerprint density at radius 3 is 1.58 bits per heavy atom. The molecule has 77 heavy (non-hydrogen) atoms. The third kappa shape index (κ3) is 22.2. The molecule has 2 amide bonds. The summed E-state index contributed by atoms with van der Waals surface area (Å²) in [5.41, 5.74) is 1.37. The summed E-state index contributed by atoms with van der Waals surface area (Å²) in [5.74, 6) is -1.79. The summed E-state index contributed by atoms with van der Waals surface area (Å²) >= 11 is 9.53. The smallest absolute Gasteiger partial charge is 0.446 e. The first-order valence-electron chi connectivity index (χ1n) is 24.2. The van der Waals surface area contributed by atoms with E-state index in [1.165, 1.54) is 44.5 Å². The van der Waals surface area contributed by atoms with E-state index in [1.807, 2.05) is 50.2 Å². The number of alkyl halides is 11. The van der Waals surface area contributed by atoms with Gasteiger partial charge in [-0.2, -0.15) is 39.5 Å². The minimum Gasteiger partial charge on any atom is -0.481 e. The monoisotopic (exact) mass is 1130 g/mol. The number of carbonyl (C=O) groups is 4. The molecule has 2 atom stereocenters. The number of carbonyl (C=O) groups excluding carboxylic acids is 3. The van der Waals surface area contributed by atoms with Gasteiger partial charge in [0.25, 0.3) is 0 Å². The van der Waals surface area contributed by atoms with Gasteiger partial charge in [0.1, 0.15) is 5.60 Å². The number of pyridine rings is 2. The normalized spacial score (nSPS) is 13.5. The Labute approximate surface area is 450 Å². The number of carboxylic acid groups (broad SMARTS) is 1. The number of aromatic nitrogens is 4. The SMILES string of the molecule is CCc1cccc(CCCN2CCN(C(CC(=O)O)c3cccc(C(F)(F)F)c3)C2=O)n1.CCc1cccc(CCCn2ccn(C(CC(=O)OC(C)(C)C)c3cccc(C(F)(F)F)c3)c2=O)n1.ClCCl.O=CC(F)(F)F. The second-order valence-electron chi connectivity index (χ2n) is 18.2. The average molecular weight is 1140 g/mol. The lowest BCUT2D eigenvalue weighted by atomic mass is 10.00. The summed E-state index contributed by atoms with van der Waals surface area (Å²) in [6.45, 7) is 10.7. The number of halogens is 11. The van der Waals surface area contributed by atoms with Crippen molar-refractivity contribution in [1.82, 2.24) is 28.9 Å². The van der Waals surface area contributed by atoms with E-state index >= 15 is 0 Å². The lowest BCUT2D eigenvalue weighted by Crippen LogP contribution is -2.36. The van der Waals surface area contributed by atoms with Crippen LogP contribution in [0.25, 0.3) is 0 Å². The van der Waals surface area contributed by atoms with Gasteiger partial charge in [-0.3, -0.25) is 33.5 Å². The molecule has 2 aromatic carbocycles. The predicted molar refractivity (Wildman–Crippen MR) is 271 cm³/mol. The number of benzene rings is 2. The molecule has 3 aromatic heterocycles. The first-order valence-corrected chi connectivity index (χ1v) is 25.3. The van der Waals surface area contributed by atoms with E-state index in [9.17, 15) is 63.8 Å². The van der Waals surface area contributed by atoms with E-state index in [2.05, 4.69) is 9.97 Å². The van der Waals surface area contributed by atoms with Gasteiger partial charge in [-0.15, -0.1) is 23.2 Å². The lowest BCUT2D eigenvalue weighted by molar-refractivity contribution is -0.156. The fraction of sp³-hybridized carbons (Fsp3) is 0.453. The number of hydrogen-bond donors (Lipinski definition) is 1. The third-order valence-corrected chi connectivity index (χ3v) is 11.3. The number of ether oxygens (including phenoxy) is 1. The zero-order valence-corrected chi connectivity index (χ0v) is 44.4. The van der Waals surface area contributed by atoms with Crippen molar-refractivity contribution in [3.05, 3.63) is 153 Å². The van der Waals surface area contributed by atoms with Crippen LogP contribution in [-0.2, 0) is 63.7 Å². The molecule has 24 heteroatoms. The van der Waals surface area contributed by atoms with Crippen molar-refractivity contribution in [1.29, 1.82) is 0 Å². The molecule has 0 bridgehead atoms. The van der Waals surface area contributed by atoms with Crippen molar-refractivity contribution in [3.8, 4) is 0 Å². The first-order chi connectivity index (χ1) is 36.0. The molecule has 1 aliphatic heterocycles. The molecule has 0 radical (unpaired) electrons. The second kappa shape index (κ2) is 29.9. The van der Waals surface area contributed by atoms with Crippen LogP contribution in [0.4, 0.5) is 44.3 Å². The second-order valence-corrected chi connectivity index (χ2v) is 19.0. The number of aldehydes is 1. The van der Waals surface area contributed by atoms with E-state index < -0.39 is 77.7 Å². The number of amides is 2. The zero-order chi connectivity index (χ0) is 57.7. The van der Waals surface area contributed by atoms with Crippen molar-refractivity contribution in [2.45, 2.75) is 129 Å². The van der Waals surface area contributed by atoms with Crippen LogP contribution < -0.4 is 5.69 Å². The van der Waals surface area contributed by atoms with Gasteiger partial charge in [-0.05, 0) is 119 Å². The van der Waals surface area contributed by atoms with Gasteiger partial charge < -0.3 is 19.6 Å². The minimum absolute atomic E-state index is 0.165. The van der Waals surface area contributed by atoms with Crippen molar-refractivity contribution < 1.29 is 68.5 Å². The lowest BCUT2D eigenvalue weighted by Gasteiger charge is -2.28. The van der Waals surface area contributed by atoms with Crippen LogP contribution in [0.5, 0.6) is 0 Å². The largest absolute Gasteiger partial charge is 0.481 e. The van der Waals surface area contributed by atoms with Crippen molar-refractivity contribution >= 4 is 47.5 Å². The van der Waals surface area contributed by atoms with Crippen LogP contribution in [-0.4, -0.2) is 95.0 Å². The highest BCUT2D eigenvalue weighted by atomic mass is 35.5. The number of aliphatic carboxylic acids is 1. The number of aryl methyl sites for hydroxylation is 5. The maximum atomic E-state index is 13.4. The number of urea groups is 1. The van der Waals surface area contributed by atoms with Gasteiger partial charge in [-0.25, -0.2) is 9.59 Å². The molecule has 4 heterocycles. The van der Waals surface area contributed by atoms with E-state index in [1.54, 1.807) is 31.9 Å². The molecule has 5 aromatic rings. The Morgan fingerprint density at radius 2 is 1.14 bits per heavy atom. The summed E-state index contributed by atoms with van der Waals surface area (Å²) in [6, 6.07) is 18.7. The van der Waals surface area contributed by atoms with Crippen LogP contribution in [0.2, 0.25) is 0 Å². The maximum Gasteiger partial charge on any atom is 0.446 e. The third-order valence-electron chi connectivity index (χ3n) is 11.3. The van der Waals surface area contributed by atoms with Gasteiger partial charge in [-0.1, -0.05) is 50.2 Å². The van der Waals surface area contributed by atoms with Crippen molar-refractivity contribution in [2.75, 3.05) is 25.0 Å². The Hall–Kier alpha value is -6.42. The quantitative estimate of drug-likeness (QED) is 0.0390. The summed E-state index contributed by atoms with van der Waals surface area (Å²) in [4.78, 5) is 71.0. The molecular weight excluding hydrogens is 1070 g/mol. The van der Waals surface area contributed by atoms with Crippen LogP contribution in [0, 0.1) is 0 Å². The van der Waals surface area contributed by atoms with Crippen molar-refractivity contribution in [3.63, 3.8) is 0 Å². The van der Waals surface area contributed by atoms with Gasteiger partial charge in [0.15, 0.2) is 0 Å². The molecule has 1 N–H and O–H groups in total. The Morgan fingerprint density at radius 1 is 0.688 bits per heavy atom. The number of imidazole rings is 1. The molecule has 2 unspecified atom stereocenters. The highest BCUT2D eigenvalue weighted by Gasteiger charge is 2.38. The van der Waals surface area contributed by atoms with Crippen LogP contribution >= 0.6 is 23.2 Å². The van der Waals surface area contributed by atoms with Crippen LogP contribution in [0.1, 0.15) is 117 Å². The van der Waals surface area contributed by atoms with Gasteiger partial charge in [0.05, 0.1) is 41.4 Å². The topological polar surface area (TPSA) is 157 Å². The summed E-state index contributed by atoms with van der Waals surface area (Å²) in [6.07, 6.45) is -8.04. The first kappa shape index (κ1) is 64.9. The molecule has 13 nitrogen and oxygen atoms in total. The van der Waals surface area contributed by atoms with Gasteiger partial charge in [0.2, 0.25) is 6.29 Å². The number of esters is 1. The molecule has 0 aliphatic carbocycles. The van der Waals surface area contributed by atoms with E-state index in [0.29, 0.717) is 45.3 Å². The maximum absolute atomic E-state index is 13.4. The van der Waals surface area contributed by atoms with Crippen molar-refractivity contribution in [2.24, 2.45) is 0 Å². The molecular formula is C53H61Cl2F9N6O7. The Balaban J connectivity index is 0.000000352. The molecule has 6 rings (SSSR count). The highest BCUT2D eigenvalue weighted by molar-refractivity contribution is 6.40. The highest BCUT2D eigenvalue weighted by Crippen LogP contribution is 2.35. The van der Waals surface area contributed by atoms with Gasteiger partial charge in [0, 0.05) is 61.3 Å². The number of hydrogen-bond acceptors (Lipinski definition) is 8. The zero-order valence-electron chi connectivity index (χ0n) is 42.9. The summed E-state index contributed by atoms with van der Waals surface area (Å²) in [7, 11) is 0. The fourth-order valence-corrected chi connectivity index (χ4v) is 7.88. The standard InChI is InChI=1S/C27H32F3N3O3.C23H26F3N3O3.C2HF3O.CH2Cl2/c1-5-21-11-7-12-22(31-21)13-8-14-32-15-16-33(25(32)35)23(18-24(34)36-26(2,3)4)19-9-6-10-20(17-19)27(28,29)30;1-2-18-8-4-9-19(27-18)10-5-11-28-12-13-29(22(28)32)20(15-21(30)31)16-6-3-7-17(14-16)23(24,25)26;3-2(4,5)1-6;2-1-3/h6-7,9-12,15-17,23H,5,8,13-14,18H2,1-4H3;3-4,6-9,14,20H,2,5,10-13,15H2,1H3,(H,30,31);1H;1H2. The number of rotatable bonds is 18. The van der Waals surface area contributed by atoms with Crippen LogP contribution in [0.15, 0.2) is 102 Å². The number of carboxylic acids is 1. The van der Waals surface area contributed by atoms with Crippen LogP contribution in [0.3, 0.4) is 0 Å². The minimum atomic E-state index is -4.64. The van der Waals surface area contributed by atoms with E-state index in [0.717, 1.165) is 59.9 Å². The fourth-order valence-electron chi connectivity index (χ4n) is 7.88. The Bertz CT molecular complexity index is 2740. The summed E-state index contributed by atoms with van der Waals surface area (Å²) < 4.78 is 119. The van der Waals surface area contributed by atoms with E-state index in [-0.39, 0.29) is 35.5 Å². The molecule has 0 spiro atoms. The predicted octanol–water partition coefficient (Wildman–Crippen LogP) is 12.3. The molecule has 1 fully saturated rings. The average Bonchev–Trinajstić information content (AvgIpc) is 3.91. The molecule has 1 aliphatic rings. The van der Waals surface area contributed by atoms with Gasteiger partial charge >= 0.3 is 42.2 Å². The number of nitrogens with zero attached hydrogens (tertiary/aromatic N) is 6. The van der Waals surface area contributed by atoms with E-state index in [4.69, 9.17) is 32.7 Å². The summed E-state index contributed by atoms with van der Waals surface area (Å²) in [5, 5.41) is 9.51. The Kier molecular flexibility index (Phi) is 25.2. The molecule has 0 saturated carbocycles. The molecule has 1 saturated heterocycles. The molecule has 422 valence electrons.